The SMILES string of the molecule is CC[C@H]1CC(=O)N2C[C@H](Oc3nc(OC)cc4ccccc34)C[C@H]2C(=O)NC/C=C\CC[C@H](C)C1. The first kappa shape index (κ1) is 25.0. The fraction of sp³-hybridized carbons (Fsp3) is 0.536. The number of allylic oxidation sites excluding steroid dienone is 1. The quantitative estimate of drug-likeness (QED) is 0.653. The molecule has 0 saturated carbocycles. The van der Waals surface area contributed by atoms with Gasteiger partial charge in [0.1, 0.15) is 12.1 Å². The van der Waals surface area contributed by atoms with E-state index in [0.29, 0.717) is 49.5 Å². The molecule has 4 rings (SSSR count). The molecule has 1 N–H and O–H groups in total. The molecule has 3 heterocycles. The number of hydrogen-bond acceptors (Lipinski definition) is 5. The summed E-state index contributed by atoms with van der Waals surface area (Å²) in [6, 6.07) is 9.17. The Labute approximate surface area is 207 Å². The normalized spacial score (nSPS) is 27.1. The molecule has 1 fully saturated rings. The molecule has 2 aliphatic rings. The summed E-state index contributed by atoms with van der Waals surface area (Å²) in [5.74, 6) is 1.72. The molecule has 4 atom stereocenters. The van der Waals surface area contributed by atoms with Crippen LogP contribution in [0.5, 0.6) is 11.8 Å². The average molecular weight is 480 g/mol. The molecule has 2 amide bonds. The molecule has 35 heavy (non-hydrogen) atoms. The molecule has 1 saturated heterocycles. The van der Waals surface area contributed by atoms with Gasteiger partial charge in [-0.15, -0.1) is 0 Å². The molecule has 7 nitrogen and oxygen atoms in total. The first-order chi connectivity index (χ1) is 17.0. The van der Waals surface area contributed by atoms with Gasteiger partial charge in [-0.1, -0.05) is 50.6 Å². The van der Waals surface area contributed by atoms with E-state index in [1.165, 1.54) is 0 Å². The van der Waals surface area contributed by atoms with Crippen LogP contribution in [0.25, 0.3) is 10.8 Å². The Kier molecular flexibility index (Phi) is 8.26. The van der Waals surface area contributed by atoms with Crippen LogP contribution in [0.3, 0.4) is 0 Å². The largest absolute Gasteiger partial charge is 0.481 e. The number of nitrogens with zero attached hydrogens (tertiary/aromatic N) is 2. The van der Waals surface area contributed by atoms with Crippen molar-refractivity contribution in [3.8, 4) is 11.8 Å². The van der Waals surface area contributed by atoms with Gasteiger partial charge in [0.2, 0.25) is 23.6 Å². The van der Waals surface area contributed by atoms with E-state index in [1.54, 1.807) is 12.0 Å². The number of rotatable bonds is 4. The van der Waals surface area contributed by atoms with E-state index in [2.05, 4.69) is 30.2 Å². The molecule has 0 radical (unpaired) electrons. The second kappa shape index (κ2) is 11.6. The van der Waals surface area contributed by atoms with Crippen molar-refractivity contribution in [2.45, 2.75) is 64.5 Å². The second-order valence-corrected chi connectivity index (χ2v) is 9.84. The highest BCUT2D eigenvalue weighted by atomic mass is 16.5. The molecule has 1 aromatic carbocycles. The van der Waals surface area contributed by atoms with Gasteiger partial charge in [-0.25, -0.2) is 0 Å². The summed E-state index contributed by atoms with van der Waals surface area (Å²) in [4.78, 5) is 32.8. The number of carbonyl (C=O) groups excluding carboxylic acids is 2. The van der Waals surface area contributed by atoms with E-state index >= 15 is 0 Å². The lowest BCUT2D eigenvalue weighted by molar-refractivity contribution is -0.139. The minimum absolute atomic E-state index is 0.0337. The number of ether oxygens (including phenoxy) is 2. The van der Waals surface area contributed by atoms with Crippen LogP contribution in [0, 0.1) is 11.8 Å². The predicted molar refractivity (Wildman–Crippen MR) is 136 cm³/mol. The van der Waals surface area contributed by atoms with Crippen LogP contribution in [0.1, 0.15) is 52.4 Å². The van der Waals surface area contributed by atoms with Gasteiger partial charge >= 0.3 is 0 Å². The van der Waals surface area contributed by atoms with E-state index in [-0.39, 0.29) is 17.9 Å². The molecular formula is C28H37N3O4. The summed E-state index contributed by atoms with van der Waals surface area (Å²) in [5.41, 5.74) is 0. The van der Waals surface area contributed by atoms with E-state index in [1.807, 2.05) is 36.4 Å². The van der Waals surface area contributed by atoms with Crippen molar-refractivity contribution in [3.05, 3.63) is 42.5 Å². The van der Waals surface area contributed by atoms with Crippen LogP contribution >= 0.6 is 0 Å². The zero-order valence-electron chi connectivity index (χ0n) is 21.0. The first-order valence-corrected chi connectivity index (χ1v) is 12.8. The summed E-state index contributed by atoms with van der Waals surface area (Å²) >= 11 is 0. The lowest BCUT2D eigenvalue weighted by Gasteiger charge is -2.27. The van der Waals surface area contributed by atoms with Gasteiger partial charge in [0.15, 0.2) is 0 Å². The summed E-state index contributed by atoms with van der Waals surface area (Å²) in [7, 11) is 1.58. The van der Waals surface area contributed by atoms with Crippen molar-refractivity contribution >= 4 is 22.6 Å². The number of amides is 2. The summed E-state index contributed by atoms with van der Waals surface area (Å²) in [6.07, 6.45) is 8.80. The van der Waals surface area contributed by atoms with Gasteiger partial charge < -0.3 is 19.7 Å². The van der Waals surface area contributed by atoms with Gasteiger partial charge in [0.25, 0.3) is 0 Å². The fourth-order valence-electron chi connectivity index (χ4n) is 5.21. The molecule has 0 aliphatic carbocycles. The number of nitrogens with one attached hydrogen (secondary N) is 1. The molecule has 2 aromatic rings. The third-order valence-corrected chi connectivity index (χ3v) is 7.22. The Morgan fingerprint density at radius 3 is 2.80 bits per heavy atom. The predicted octanol–water partition coefficient (Wildman–Crippen LogP) is 4.50. The fourth-order valence-corrected chi connectivity index (χ4v) is 5.21. The molecule has 0 unspecified atom stereocenters. The zero-order chi connectivity index (χ0) is 24.8. The maximum Gasteiger partial charge on any atom is 0.243 e. The number of aromatic nitrogens is 1. The van der Waals surface area contributed by atoms with Crippen molar-refractivity contribution < 1.29 is 19.1 Å². The topological polar surface area (TPSA) is 80.8 Å². The number of benzene rings is 1. The third kappa shape index (κ3) is 6.13. The molecule has 7 heteroatoms. The standard InChI is InChI=1S/C28H37N3O4/c1-4-20-14-19(2)10-6-5-9-13-29-27(33)24-17-22(18-31(24)26(32)15-20)35-28-23-12-8-7-11-21(23)16-25(30-28)34-3/h5,7-9,11-12,16,19-20,22,24H,4,6,10,13-15,17-18H2,1-3H3,(H,29,33)/b9-5-/t19-,20+,22+,24-/m0/s1. The average Bonchev–Trinajstić information content (AvgIpc) is 3.29. The van der Waals surface area contributed by atoms with Crippen LogP contribution in [0.15, 0.2) is 42.5 Å². The van der Waals surface area contributed by atoms with E-state index in [0.717, 1.165) is 36.5 Å². The van der Waals surface area contributed by atoms with Crippen molar-refractivity contribution in [1.29, 1.82) is 0 Å². The highest BCUT2D eigenvalue weighted by Gasteiger charge is 2.41. The Bertz CT molecular complexity index is 1070. The smallest absolute Gasteiger partial charge is 0.243 e. The second-order valence-electron chi connectivity index (χ2n) is 9.84. The summed E-state index contributed by atoms with van der Waals surface area (Å²) < 4.78 is 11.7. The highest BCUT2D eigenvalue weighted by molar-refractivity contribution is 5.89. The Morgan fingerprint density at radius 2 is 2.00 bits per heavy atom. The van der Waals surface area contributed by atoms with Crippen LogP contribution < -0.4 is 14.8 Å². The molecular weight excluding hydrogens is 442 g/mol. The number of carbonyl (C=O) groups is 2. The highest BCUT2D eigenvalue weighted by Crippen LogP contribution is 2.32. The molecule has 2 aliphatic heterocycles. The van der Waals surface area contributed by atoms with Gasteiger partial charge in [0.05, 0.1) is 13.7 Å². The van der Waals surface area contributed by atoms with Crippen LogP contribution in [-0.2, 0) is 9.59 Å². The lowest BCUT2D eigenvalue weighted by Crippen LogP contribution is -2.46. The van der Waals surface area contributed by atoms with E-state index in [4.69, 9.17) is 9.47 Å². The van der Waals surface area contributed by atoms with E-state index in [9.17, 15) is 9.59 Å². The maximum atomic E-state index is 13.4. The number of methoxy groups -OCH3 is 1. The maximum absolute atomic E-state index is 13.4. The van der Waals surface area contributed by atoms with Crippen LogP contribution in [-0.4, -0.2) is 54.0 Å². The Balaban J connectivity index is 1.57. The van der Waals surface area contributed by atoms with Gasteiger partial charge in [-0.05, 0) is 42.6 Å². The van der Waals surface area contributed by atoms with Gasteiger partial charge in [0, 0.05) is 30.8 Å². The molecule has 188 valence electrons. The van der Waals surface area contributed by atoms with Crippen LogP contribution in [0.2, 0.25) is 0 Å². The Hall–Kier alpha value is -3.09. The summed E-state index contributed by atoms with van der Waals surface area (Å²) in [6.45, 7) is 5.25. The molecule has 0 spiro atoms. The van der Waals surface area contributed by atoms with Crippen molar-refractivity contribution in [2.75, 3.05) is 20.2 Å². The van der Waals surface area contributed by atoms with E-state index < -0.39 is 6.04 Å². The zero-order valence-corrected chi connectivity index (χ0v) is 21.0. The molecule has 1 aromatic heterocycles. The summed E-state index contributed by atoms with van der Waals surface area (Å²) in [5, 5.41) is 4.83. The van der Waals surface area contributed by atoms with Crippen molar-refractivity contribution in [1.82, 2.24) is 15.2 Å². The third-order valence-electron chi connectivity index (χ3n) is 7.22. The van der Waals surface area contributed by atoms with Crippen LogP contribution in [0.4, 0.5) is 0 Å². The lowest BCUT2D eigenvalue weighted by atomic mass is 9.88. The number of pyridine rings is 1. The van der Waals surface area contributed by atoms with Gasteiger partial charge in [-0.3, -0.25) is 9.59 Å². The minimum atomic E-state index is -0.546. The molecule has 0 bridgehead atoms. The van der Waals surface area contributed by atoms with Crippen molar-refractivity contribution in [2.24, 2.45) is 11.8 Å². The van der Waals surface area contributed by atoms with Crippen molar-refractivity contribution in [3.63, 3.8) is 0 Å². The number of fused-ring (bicyclic) bond motifs is 2. The number of hydrogen-bond donors (Lipinski definition) is 1. The monoisotopic (exact) mass is 479 g/mol. The van der Waals surface area contributed by atoms with Gasteiger partial charge in [-0.2, -0.15) is 4.98 Å². The Morgan fingerprint density at radius 1 is 1.17 bits per heavy atom. The minimum Gasteiger partial charge on any atom is -0.481 e. The first-order valence-electron chi connectivity index (χ1n) is 12.8.